The number of fused-ring (bicyclic) bond motifs is 1. The highest BCUT2D eigenvalue weighted by Crippen LogP contribution is 2.52. The summed E-state index contributed by atoms with van der Waals surface area (Å²) in [5, 5.41) is 10.2. The molecule has 3 aliphatic rings. The molecular formula is C21H26N2O8S. The zero-order valence-electron chi connectivity index (χ0n) is 18.3. The Morgan fingerprint density at radius 3 is 2.59 bits per heavy atom. The smallest absolute Gasteiger partial charge is 0.453 e. The monoisotopic (exact) mass is 466 g/mol. The largest absolute Gasteiger partial charge is 0.519 e. The van der Waals surface area contributed by atoms with Crippen molar-refractivity contribution in [3.8, 4) is 0 Å². The molecule has 4 unspecified atom stereocenters. The lowest BCUT2D eigenvalue weighted by Gasteiger charge is -2.46. The molecule has 174 valence electrons. The Labute approximate surface area is 188 Å². The lowest BCUT2D eigenvalue weighted by molar-refractivity contribution is -0.164. The predicted octanol–water partition coefficient (Wildman–Crippen LogP) is 1.01. The van der Waals surface area contributed by atoms with Gasteiger partial charge in [0.15, 0.2) is 18.1 Å². The first kappa shape index (κ1) is 22.7. The van der Waals surface area contributed by atoms with Gasteiger partial charge in [0.1, 0.15) is 5.70 Å². The summed E-state index contributed by atoms with van der Waals surface area (Å²) in [6.45, 7) is 7.46. The molecule has 0 saturated carbocycles. The molecule has 1 N–H and O–H groups in total. The van der Waals surface area contributed by atoms with Crippen molar-refractivity contribution >= 4 is 29.5 Å². The van der Waals surface area contributed by atoms with E-state index in [4.69, 9.17) is 13.6 Å². The second kappa shape index (κ2) is 8.43. The molecule has 0 radical (unpaired) electrons. The van der Waals surface area contributed by atoms with Crippen LogP contribution in [0.15, 0.2) is 24.2 Å². The molecule has 5 atom stereocenters. The molecule has 2 fully saturated rings. The van der Waals surface area contributed by atoms with Crippen LogP contribution in [0.25, 0.3) is 0 Å². The van der Waals surface area contributed by atoms with Crippen LogP contribution in [0.4, 0.5) is 0 Å². The third-order valence-corrected chi connectivity index (χ3v) is 7.89. The van der Waals surface area contributed by atoms with E-state index >= 15 is 0 Å². The molecule has 1 aromatic heterocycles. The third-order valence-electron chi connectivity index (χ3n) is 6.36. The number of carbonyl (C=O) groups is 3. The second-order valence-corrected chi connectivity index (χ2v) is 9.81. The quantitative estimate of drug-likeness (QED) is 0.482. The predicted molar refractivity (Wildman–Crippen MR) is 112 cm³/mol. The molecule has 0 bridgehead atoms. The van der Waals surface area contributed by atoms with Crippen molar-refractivity contribution in [1.82, 2.24) is 9.80 Å². The van der Waals surface area contributed by atoms with E-state index in [-0.39, 0.29) is 52.8 Å². The van der Waals surface area contributed by atoms with Gasteiger partial charge in [-0.05, 0) is 20.3 Å². The van der Waals surface area contributed by atoms with Gasteiger partial charge in [0.2, 0.25) is 11.8 Å². The Hall–Kier alpha value is -2.53. The van der Waals surface area contributed by atoms with Crippen molar-refractivity contribution in [2.75, 3.05) is 13.1 Å². The summed E-state index contributed by atoms with van der Waals surface area (Å²) < 4.78 is 15.0. The normalized spacial score (nSPS) is 28.1. The summed E-state index contributed by atoms with van der Waals surface area (Å²) >= 11 is 1.49. The maximum absolute atomic E-state index is 13.1. The van der Waals surface area contributed by atoms with Crippen LogP contribution in [0.5, 0.6) is 0 Å². The molecule has 4 heterocycles. The maximum Gasteiger partial charge on any atom is 0.519 e. The van der Waals surface area contributed by atoms with Crippen LogP contribution in [0.2, 0.25) is 0 Å². The van der Waals surface area contributed by atoms with Gasteiger partial charge in [0.25, 0.3) is 0 Å². The maximum atomic E-state index is 13.1. The van der Waals surface area contributed by atoms with Crippen molar-refractivity contribution in [3.05, 3.63) is 32.7 Å². The third kappa shape index (κ3) is 3.77. The number of hydrogen-bond donors (Lipinski definition) is 1. The van der Waals surface area contributed by atoms with Crippen molar-refractivity contribution in [2.45, 2.75) is 58.1 Å². The molecule has 0 aliphatic carbocycles. The van der Waals surface area contributed by atoms with Crippen molar-refractivity contribution in [2.24, 2.45) is 11.8 Å². The summed E-state index contributed by atoms with van der Waals surface area (Å²) in [6.07, 6.45) is -0.0592. The molecule has 10 nitrogen and oxygen atoms in total. The number of rotatable bonds is 6. The van der Waals surface area contributed by atoms with Gasteiger partial charge in [0, 0.05) is 36.1 Å². The van der Waals surface area contributed by atoms with Crippen molar-refractivity contribution in [1.29, 1.82) is 0 Å². The number of nitrogens with zero attached hydrogens (tertiary/aromatic N) is 2. The highest BCUT2D eigenvalue weighted by atomic mass is 32.2. The summed E-state index contributed by atoms with van der Waals surface area (Å²) in [4.78, 5) is 52.7. The first-order chi connectivity index (χ1) is 15.1. The van der Waals surface area contributed by atoms with Crippen LogP contribution in [-0.4, -0.2) is 63.2 Å². The van der Waals surface area contributed by atoms with E-state index in [1.165, 1.54) is 30.5 Å². The second-order valence-electron chi connectivity index (χ2n) is 8.47. The van der Waals surface area contributed by atoms with Crippen LogP contribution in [0, 0.1) is 18.8 Å². The van der Waals surface area contributed by atoms with Gasteiger partial charge in [-0.15, -0.1) is 11.8 Å². The van der Waals surface area contributed by atoms with E-state index in [0.717, 1.165) is 11.3 Å². The number of likely N-dealkylation sites (tertiary alicyclic amines) is 1. The first-order valence-corrected chi connectivity index (χ1v) is 11.4. The average molecular weight is 467 g/mol. The van der Waals surface area contributed by atoms with Gasteiger partial charge < -0.3 is 28.5 Å². The number of esters is 1. The van der Waals surface area contributed by atoms with Gasteiger partial charge in [-0.2, -0.15) is 0 Å². The molecule has 0 aromatic carbocycles. The van der Waals surface area contributed by atoms with E-state index in [1.807, 2.05) is 6.92 Å². The molecule has 1 aromatic rings. The topological polar surface area (TPSA) is 130 Å². The minimum absolute atomic E-state index is 0.00586. The fourth-order valence-corrected chi connectivity index (χ4v) is 6.15. The van der Waals surface area contributed by atoms with Crippen LogP contribution in [0.1, 0.15) is 38.7 Å². The van der Waals surface area contributed by atoms with E-state index in [1.54, 1.807) is 11.8 Å². The fraction of sp³-hybridized carbons (Fsp3) is 0.619. The van der Waals surface area contributed by atoms with Crippen LogP contribution < -0.4 is 5.82 Å². The van der Waals surface area contributed by atoms with Gasteiger partial charge in [0.05, 0.1) is 18.1 Å². The van der Waals surface area contributed by atoms with E-state index in [2.05, 4.69) is 0 Å². The Balaban J connectivity index is 1.58. The standard InChI is InChI=1S/C21H26N2O8S/c1-9-16-15(10(2)24)19(26)23(16)17(18(9)32-13-5-6-22(7-13)12(4)25)20(27)29-8-14-11(3)30-21(28)31-14/h9-10,13,15-16,24H,5-8H2,1-4H3/t9?,10?,13?,15?,16-/m1/s1. The lowest BCUT2D eigenvalue weighted by atomic mass is 9.79. The highest BCUT2D eigenvalue weighted by Gasteiger charge is 2.60. The molecule has 32 heavy (non-hydrogen) atoms. The number of aliphatic hydroxyl groups excluding tert-OH is 1. The number of ether oxygens (including phenoxy) is 1. The van der Waals surface area contributed by atoms with Crippen molar-refractivity contribution < 1.29 is 33.1 Å². The molecule has 2 amide bonds. The van der Waals surface area contributed by atoms with E-state index < -0.39 is 23.8 Å². The van der Waals surface area contributed by atoms with E-state index in [9.17, 15) is 24.3 Å². The number of aryl methyl sites for hydroxylation is 1. The Morgan fingerprint density at radius 2 is 2.03 bits per heavy atom. The van der Waals surface area contributed by atoms with Crippen LogP contribution in [-0.2, 0) is 25.7 Å². The van der Waals surface area contributed by atoms with E-state index in [0.29, 0.717) is 13.1 Å². The average Bonchev–Trinajstić information content (AvgIpc) is 3.36. The summed E-state index contributed by atoms with van der Waals surface area (Å²) in [7, 11) is 0. The molecule has 4 rings (SSSR count). The SMILES string of the molecule is CC(=O)N1CCC(SC2=C(C(=O)OCc3oc(=O)oc3C)N3C(=O)C(C(C)O)[C@H]3C2C)C1. The highest BCUT2D eigenvalue weighted by molar-refractivity contribution is 8.03. The van der Waals surface area contributed by atoms with Gasteiger partial charge >= 0.3 is 11.8 Å². The minimum Gasteiger partial charge on any atom is -0.453 e. The van der Waals surface area contributed by atoms with Crippen LogP contribution in [0.3, 0.4) is 0 Å². The molecule has 3 aliphatic heterocycles. The lowest BCUT2D eigenvalue weighted by Crippen LogP contribution is -2.63. The Bertz CT molecular complexity index is 1040. The number of amides is 2. The number of β-lactam (4-membered cyclic amide) rings is 1. The summed E-state index contributed by atoms with van der Waals surface area (Å²) in [5.74, 6) is -2.33. The molecule has 2 saturated heterocycles. The molecule has 0 spiro atoms. The number of thioether (sulfide) groups is 1. The van der Waals surface area contributed by atoms with Gasteiger partial charge in [-0.25, -0.2) is 9.59 Å². The zero-order chi connectivity index (χ0) is 23.3. The Kier molecular flexibility index (Phi) is 5.97. The number of aliphatic hydroxyl groups is 1. The number of carbonyl (C=O) groups excluding carboxylic acids is 3. The first-order valence-electron chi connectivity index (χ1n) is 10.5. The summed E-state index contributed by atoms with van der Waals surface area (Å²) in [5.41, 5.74) is 0.166. The zero-order valence-corrected chi connectivity index (χ0v) is 19.1. The van der Waals surface area contributed by atoms with Gasteiger partial charge in [-0.3, -0.25) is 9.59 Å². The fourth-order valence-electron chi connectivity index (χ4n) is 4.66. The minimum atomic E-state index is -0.882. The van der Waals surface area contributed by atoms with Crippen molar-refractivity contribution in [3.63, 3.8) is 0 Å². The van der Waals surface area contributed by atoms with Crippen LogP contribution >= 0.6 is 11.8 Å². The number of hydrogen-bond acceptors (Lipinski definition) is 9. The van der Waals surface area contributed by atoms with Gasteiger partial charge in [-0.1, -0.05) is 6.92 Å². The molecule has 11 heteroatoms. The molecular weight excluding hydrogens is 440 g/mol. The summed E-state index contributed by atoms with van der Waals surface area (Å²) in [6, 6.07) is -0.327. The Morgan fingerprint density at radius 1 is 1.31 bits per heavy atom.